The molecule has 136 valence electrons. The van der Waals surface area contributed by atoms with E-state index in [0.717, 1.165) is 18.7 Å². The molecule has 1 aliphatic rings. The molecule has 1 fully saturated rings. The number of para-hydroxylation sites is 2. The second-order valence-corrected chi connectivity index (χ2v) is 6.04. The molecule has 7 heteroatoms. The number of amidine groups is 1. The third-order valence-electron chi connectivity index (χ3n) is 4.34. The number of nitrogens with one attached hydrogen (secondary N) is 2. The lowest BCUT2D eigenvalue weighted by molar-refractivity contribution is 0.352. The van der Waals surface area contributed by atoms with Crippen LogP contribution in [-0.4, -0.2) is 39.2 Å². The van der Waals surface area contributed by atoms with Gasteiger partial charge < -0.3 is 19.8 Å². The van der Waals surface area contributed by atoms with Crippen molar-refractivity contribution in [2.24, 2.45) is 10.2 Å². The molecule has 7 nitrogen and oxygen atoms in total. The number of rotatable bonds is 7. The minimum atomic E-state index is 0.249. The highest BCUT2D eigenvalue weighted by Gasteiger charge is 2.26. The van der Waals surface area contributed by atoms with Crippen LogP contribution >= 0.6 is 0 Å². The molecule has 0 saturated carbocycles. The summed E-state index contributed by atoms with van der Waals surface area (Å²) in [5, 5.41) is 7.86. The molecule has 0 amide bonds. The summed E-state index contributed by atoms with van der Waals surface area (Å²) in [4.78, 5) is 2.27. The minimum absolute atomic E-state index is 0.249. The first-order chi connectivity index (χ1) is 12.7. The van der Waals surface area contributed by atoms with Gasteiger partial charge in [0.1, 0.15) is 0 Å². The Morgan fingerprint density at radius 3 is 2.54 bits per heavy atom. The van der Waals surface area contributed by atoms with Gasteiger partial charge in [-0.25, -0.2) is 5.53 Å². The van der Waals surface area contributed by atoms with Crippen molar-refractivity contribution in [1.82, 2.24) is 5.43 Å². The lowest BCUT2D eigenvalue weighted by Crippen LogP contribution is -2.57. The Morgan fingerprint density at radius 1 is 1.12 bits per heavy atom. The monoisotopic (exact) mass is 353 g/mol. The molecule has 1 aliphatic heterocycles. The number of hydrazone groups is 1. The van der Waals surface area contributed by atoms with Gasteiger partial charge in [0.05, 0.1) is 20.3 Å². The van der Waals surface area contributed by atoms with Crippen molar-refractivity contribution in [3.8, 4) is 11.5 Å². The van der Waals surface area contributed by atoms with Gasteiger partial charge in [0, 0.05) is 30.8 Å². The van der Waals surface area contributed by atoms with Crippen LogP contribution in [-0.2, 0) is 6.42 Å². The Balaban J connectivity index is 1.59. The van der Waals surface area contributed by atoms with Gasteiger partial charge in [0.2, 0.25) is 0 Å². The summed E-state index contributed by atoms with van der Waals surface area (Å²) in [5.41, 5.74) is 12.6. The molecule has 0 radical (unpaired) electrons. The van der Waals surface area contributed by atoms with Crippen molar-refractivity contribution in [3.05, 3.63) is 54.1 Å². The fourth-order valence-corrected chi connectivity index (χ4v) is 2.94. The van der Waals surface area contributed by atoms with Crippen LogP contribution in [0.2, 0.25) is 0 Å². The maximum Gasteiger partial charge on any atom is 0.174 e. The summed E-state index contributed by atoms with van der Waals surface area (Å²) >= 11 is 0. The molecule has 0 unspecified atom stereocenters. The van der Waals surface area contributed by atoms with Crippen molar-refractivity contribution in [2.45, 2.75) is 12.5 Å². The molecule has 1 saturated heterocycles. The zero-order valence-electron chi connectivity index (χ0n) is 15.0. The van der Waals surface area contributed by atoms with Crippen molar-refractivity contribution in [2.75, 3.05) is 32.2 Å². The first-order valence-corrected chi connectivity index (χ1v) is 8.44. The van der Waals surface area contributed by atoms with Crippen molar-refractivity contribution in [3.63, 3.8) is 0 Å². The van der Waals surface area contributed by atoms with Crippen LogP contribution in [0.25, 0.3) is 0 Å². The van der Waals surface area contributed by atoms with Gasteiger partial charge in [-0.3, -0.25) is 0 Å². The molecule has 3 rings (SSSR count). The summed E-state index contributed by atoms with van der Waals surface area (Å²) in [6.45, 7) is 1.75. The molecule has 1 heterocycles. The fourth-order valence-electron chi connectivity index (χ4n) is 2.94. The quantitative estimate of drug-likeness (QED) is 0.347. The first kappa shape index (κ1) is 17.7. The second kappa shape index (κ2) is 8.33. The number of hydrogen-bond acceptors (Lipinski definition) is 6. The van der Waals surface area contributed by atoms with E-state index in [0.29, 0.717) is 23.8 Å². The molecule has 0 bridgehead atoms. The van der Waals surface area contributed by atoms with E-state index in [1.54, 1.807) is 14.2 Å². The average Bonchev–Trinajstić information content (AvgIpc) is 2.66. The topological polar surface area (TPSA) is 82.3 Å². The standard InChI is InChI=1S/C19H23N5O2/c1-25-17-10-6-7-14(19(17)26-2)11-18(21-20)23-22-15-12-24(13-15)16-8-4-3-5-9-16/h3-10,15,20,22H,11-13H2,1-2H3/b21-20?,23-18-. The van der Waals surface area contributed by atoms with Crippen LogP contribution in [0, 0.1) is 5.53 Å². The van der Waals surface area contributed by atoms with E-state index in [1.165, 1.54) is 5.69 Å². The van der Waals surface area contributed by atoms with Crippen LogP contribution < -0.4 is 19.8 Å². The summed E-state index contributed by atoms with van der Waals surface area (Å²) in [6, 6.07) is 16.2. The Labute approximate surface area is 153 Å². The Kier molecular flexibility index (Phi) is 5.68. The molecule has 2 aromatic rings. The zero-order chi connectivity index (χ0) is 18.4. The van der Waals surface area contributed by atoms with Gasteiger partial charge in [-0.15, -0.1) is 5.11 Å². The van der Waals surface area contributed by atoms with Gasteiger partial charge in [0.25, 0.3) is 0 Å². The molecule has 0 aliphatic carbocycles. The van der Waals surface area contributed by atoms with E-state index in [2.05, 4.69) is 32.7 Å². The lowest BCUT2D eigenvalue weighted by Gasteiger charge is -2.40. The predicted molar refractivity (Wildman–Crippen MR) is 101 cm³/mol. The third-order valence-corrected chi connectivity index (χ3v) is 4.34. The van der Waals surface area contributed by atoms with Crippen LogP contribution in [0.5, 0.6) is 11.5 Å². The molecule has 2 aromatic carbocycles. The number of nitrogens with zero attached hydrogens (tertiary/aromatic N) is 3. The number of methoxy groups -OCH3 is 2. The van der Waals surface area contributed by atoms with E-state index in [9.17, 15) is 0 Å². The maximum atomic E-state index is 7.40. The smallest absolute Gasteiger partial charge is 0.174 e. The van der Waals surface area contributed by atoms with E-state index in [1.807, 2.05) is 36.4 Å². The highest BCUT2D eigenvalue weighted by molar-refractivity contribution is 5.85. The Bertz CT molecular complexity index is 773. The van der Waals surface area contributed by atoms with Gasteiger partial charge in [-0.05, 0) is 18.2 Å². The van der Waals surface area contributed by atoms with Crippen molar-refractivity contribution in [1.29, 1.82) is 5.53 Å². The molecule has 0 atom stereocenters. The van der Waals surface area contributed by atoms with Crippen LogP contribution in [0.15, 0.2) is 58.7 Å². The molecule has 2 N–H and O–H groups in total. The zero-order valence-corrected chi connectivity index (χ0v) is 15.0. The fraction of sp³-hybridized carbons (Fsp3) is 0.316. The number of hydrogen-bond donors (Lipinski definition) is 2. The van der Waals surface area contributed by atoms with Gasteiger partial charge >= 0.3 is 0 Å². The van der Waals surface area contributed by atoms with E-state index >= 15 is 0 Å². The predicted octanol–water partition coefficient (Wildman–Crippen LogP) is 3.07. The van der Waals surface area contributed by atoms with E-state index < -0.39 is 0 Å². The molecule has 0 aromatic heterocycles. The normalized spacial score (nSPS) is 14.5. The third kappa shape index (κ3) is 3.93. The summed E-state index contributed by atoms with van der Waals surface area (Å²) in [7, 11) is 3.20. The largest absolute Gasteiger partial charge is 0.493 e. The van der Waals surface area contributed by atoms with Gasteiger partial charge in [-0.2, -0.15) is 5.10 Å². The molecule has 26 heavy (non-hydrogen) atoms. The first-order valence-electron chi connectivity index (χ1n) is 8.44. The Hall–Kier alpha value is -3.09. The van der Waals surface area contributed by atoms with Crippen molar-refractivity contribution < 1.29 is 9.47 Å². The summed E-state index contributed by atoms with van der Waals surface area (Å²) in [6.07, 6.45) is 0.395. The number of ether oxygens (including phenoxy) is 2. The van der Waals surface area contributed by atoms with Crippen LogP contribution in [0.4, 0.5) is 5.69 Å². The average molecular weight is 353 g/mol. The molecular formula is C19H23N5O2. The van der Waals surface area contributed by atoms with E-state index in [4.69, 9.17) is 15.0 Å². The van der Waals surface area contributed by atoms with Crippen LogP contribution in [0.3, 0.4) is 0 Å². The molecular weight excluding hydrogens is 330 g/mol. The molecule has 0 spiro atoms. The minimum Gasteiger partial charge on any atom is -0.493 e. The summed E-state index contributed by atoms with van der Waals surface area (Å²) in [5.74, 6) is 1.69. The summed E-state index contributed by atoms with van der Waals surface area (Å²) < 4.78 is 10.7. The number of anilines is 1. The highest BCUT2D eigenvalue weighted by Crippen LogP contribution is 2.31. The maximum absolute atomic E-state index is 7.40. The van der Waals surface area contributed by atoms with Gasteiger partial charge in [-0.1, -0.05) is 30.3 Å². The van der Waals surface area contributed by atoms with E-state index in [-0.39, 0.29) is 6.04 Å². The number of benzene rings is 2. The Morgan fingerprint density at radius 2 is 1.88 bits per heavy atom. The second-order valence-electron chi connectivity index (χ2n) is 6.04. The van der Waals surface area contributed by atoms with Crippen LogP contribution in [0.1, 0.15) is 5.56 Å². The van der Waals surface area contributed by atoms with Crippen molar-refractivity contribution >= 4 is 11.5 Å². The SMILES string of the molecule is COc1cccc(C/C(N=N)=N/NC2CN(c3ccccc3)C2)c1OC. The van der Waals surface area contributed by atoms with Gasteiger partial charge in [0.15, 0.2) is 17.3 Å². The lowest BCUT2D eigenvalue weighted by atomic mass is 10.1. The highest BCUT2D eigenvalue weighted by atomic mass is 16.5.